The molecule has 0 fully saturated rings. The van der Waals surface area contributed by atoms with Gasteiger partial charge in [-0.3, -0.25) is 4.79 Å². The molecule has 1 aliphatic carbocycles. The number of aliphatic carboxylic acids is 1. The van der Waals surface area contributed by atoms with Crippen LogP contribution < -0.4 is 5.11 Å². The third-order valence-corrected chi connectivity index (χ3v) is 2.31. The first kappa shape index (κ1) is 7.98. The number of fused-ring (bicyclic) bond motifs is 1. The maximum atomic E-state index is 11.3. The monoisotopic (exact) mass is 175 g/mol. The van der Waals surface area contributed by atoms with Gasteiger partial charge < -0.3 is 9.90 Å². The molecule has 0 aromatic heterocycles. The third-order valence-electron chi connectivity index (χ3n) is 2.31. The zero-order valence-corrected chi connectivity index (χ0v) is 6.82. The van der Waals surface area contributed by atoms with Crippen LogP contribution in [0.1, 0.15) is 28.3 Å². The fraction of sp³-hybridized carbons (Fsp3) is 0.200. The second-order valence-corrected chi connectivity index (χ2v) is 3.09. The van der Waals surface area contributed by atoms with E-state index in [0.29, 0.717) is 11.1 Å². The molecule has 0 N–H and O–H groups in total. The molecule has 0 heterocycles. The molecule has 3 nitrogen and oxygen atoms in total. The van der Waals surface area contributed by atoms with Crippen molar-refractivity contribution in [1.29, 1.82) is 0 Å². The van der Waals surface area contributed by atoms with Gasteiger partial charge in [0.05, 0.1) is 0 Å². The SMILES string of the molecule is O=C1CC(C(=O)[O-])c2ccccc21. The number of carbonyl (C=O) groups is 2. The number of carboxylic acids is 1. The van der Waals surface area contributed by atoms with E-state index in [1.54, 1.807) is 24.3 Å². The van der Waals surface area contributed by atoms with Crippen LogP contribution in [-0.4, -0.2) is 11.8 Å². The van der Waals surface area contributed by atoms with Gasteiger partial charge in [-0.05, 0) is 5.56 Å². The van der Waals surface area contributed by atoms with Crippen molar-refractivity contribution in [2.45, 2.75) is 12.3 Å². The Hall–Kier alpha value is -1.64. The first-order valence-electron chi connectivity index (χ1n) is 4.03. The van der Waals surface area contributed by atoms with Crippen molar-refractivity contribution in [1.82, 2.24) is 0 Å². The van der Waals surface area contributed by atoms with Gasteiger partial charge in [0.1, 0.15) is 0 Å². The smallest absolute Gasteiger partial charge is 0.164 e. The highest BCUT2D eigenvalue weighted by atomic mass is 16.4. The second-order valence-electron chi connectivity index (χ2n) is 3.09. The number of carboxylic acid groups (broad SMARTS) is 1. The summed E-state index contributed by atoms with van der Waals surface area (Å²) in [5.74, 6) is -2.02. The Labute approximate surface area is 75.0 Å². The molecule has 0 aliphatic heterocycles. The molecule has 2 rings (SSSR count). The van der Waals surface area contributed by atoms with Crippen LogP contribution in [0.2, 0.25) is 0 Å². The van der Waals surface area contributed by atoms with Crippen LogP contribution in [0, 0.1) is 0 Å². The van der Waals surface area contributed by atoms with Gasteiger partial charge >= 0.3 is 0 Å². The van der Waals surface area contributed by atoms with Gasteiger partial charge in [0, 0.05) is 23.9 Å². The van der Waals surface area contributed by atoms with Crippen molar-refractivity contribution >= 4 is 11.8 Å². The predicted molar refractivity (Wildman–Crippen MR) is 43.1 cm³/mol. The van der Waals surface area contributed by atoms with E-state index in [9.17, 15) is 14.7 Å². The summed E-state index contributed by atoms with van der Waals surface area (Å²) in [6.07, 6.45) is 0.0433. The summed E-state index contributed by atoms with van der Waals surface area (Å²) < 4.78 is 0. The van der Waals surface area contributed by atoms with Crippen LogP contribution in [0.25, 0.3) is 0 Å². The van der Waals surface area contributed by atoms with Crippen molar-refractivity contribution in [3.63, 3.8) is 0 Å². The Morgan fingerprint density at radius 1 is 1.38 bits per heavy atom. The summed E-state index contributed by atoms with van der Waals surface area (Å²) in [6.45, 7) is 0. The highest BCUT2D eigenvalue weighted by Gasteiger charge is 2.29. The maximum Gasteiger partial charge on any atom is 0.164 e. The van der Waals surface area contributed by atoms with E-state index < -0.39 is 11.9 Å². The van der Waals surface area contributed by atoms with Crippen LogP contribution >= 0.6 is 0 Å². The van der Waals surface area contributed by atoms with E-state index in [-0.39, 0.29) is 12.2 Å². The van der Waals surface area contributed by atoms with E-state index in [1.807, 2.05) is 0 Å². The molecule has 0 amide bonds. The van der Waals surface area contributed by atoms with Gasteiger partial charge in [-0.2, -0.15) is 0 Å². The number of hydrogen-bond acceptors (Lipinski definition) is 3. The lowest BCUT2D eigenvalue weighted by Gasteiger charge is -2.10. The predicted octanol–water partition coefficient (Wildman–Crippen LogP) is 0.106. The number of carbonyl (C=O) groups excluding carboxylic acids is 2. The quantitative estimate of drug-likeness (QED) is 0.608. The molecule has 3 heteroatoms. The number of benzene rings is 1. The number of ketones is 1. The molecule has 0 radical (unpaired) electrons. The van der Waals surface area contributed by atoms with Crippen LogP contribution in [-0.2, 0) is 4.79 Å². The Balaban J connectivity index is 2.53. The molecule has 1 aromatic carbocycles. The van der Waals surface area contributed by atoms with Crippen molar-refractivity contribution in [2.24, 2.45) is 0 Å². The zero-order chi connectivity index (χ0) is 9.42. The second kappa shape index (κ2) is 2.69. The van der Waals surface area contributed by atoms with Crippen LogP contribution in [0.5, 0.6) is 0 Å². The van der Waals surface area contributed by atoms with Crippen LogP contribution in [0.3, 0.4) is 0 Å². The van der Waals surface area contributed by atoms with Gasteiger partial charge in [0.15, 0.2) is 5.78 Å². The van der Waals surface area contributed by atoms with Crippen molar-refractivity contribution < 1.29 is 14.7 Å². The molecule has 1 atom stereocenters. The molecule has 0 saturated heterocycles. The topological polar surface area (TPSA) is 57.2 Å². The lowest BCUT2D eigenvalue weighted by molar-refractivity contribution is -0.307. The van der Waals surface area contributed by atoms with Crippen molar-refractivity contribution in [3.05, 3.63) is 35.4 Å². The molecule has 0 spiro atoms. The van der Waals surface area contributed by atoms with Gasteiger partial charge in [0.2, 0.25) is 0 Å². The van der Waals surface area contributed by atoms with Gasteiger partial charge in [-0.1, -0.05) is 24.3 Å². The number of Topliss-reactive ketones (excluding diaryl/α,β-unsaturated/α-hetero) is 1. The van der Waals surface area contributed by atoms with E-state index in [4.69, 9.17) is 0 Å². The molecule has 66 valence electrons. The number of hydrogen-bond donors (Lipinski definition) is 0. The summed E-state index contributed by atoms with van der Waals surface area (Å²) >= 11 is 0. The van der Waals surface area contributed by atoms with Crippen LogP contribution in [0.15, 0.2) is 24.3 Å². The fourth-order valence-corrected chi connectivity index (χ4v) is 1.67. The summed E-state index contributed by atoms with van der Waals surface area (Å²) in [6, 6.07) is 6.78. The minimum absolute atomic E-state index is 0.0433. The standard InChI is InChI=1S/C10H8O3/c11-9-5-8(10(12)13)6-3-1-2-4-7(6)9/h1-4,8H,5H2,(H,12,13)/p-1. The van der Waals surface area contributed by atoms with E-state index in [1.165, 1.54) is 0 Å². The normalized spacial score (nSPS) is 20.0. The minimum atomic E-state index is -1.17. The zero-order valence-electron chi connectivity index (χ0n) is 6.82. The minimum Gasteiger partial charge on any atom is -0.549 e. The maximum absolute atomic E-state index is 11.3. The molecule has 1 aliphatic rings. The molecule has 13 heavy (non-hydrogen) atoms. The largest absolute Gasteiger partial charge is 0.549 e. The fourth-order valence-electron chi connectivity index (χ4n) is 1.67. The van der Waals surface area contributed by atoms with E-state index in [2.05, 4.69) is 0 Å². The number of rotatable bonds is 1. The average Bonchev–Trinajstić information content (AvgIpc) is 2.45. The lowest BCUT2D eigenvalue weighted by atomic mass is 10.0. The average molecular weight is 175 g/mol. The Morgan fingerprint density at radius 3 is 2.77 bits per heavy atom. The summed E-state index contributed by atoms with van der Waals surface area (Å²) in [5, 5.41) is 10.6. The van der Waals surface area contributed by atoms with Crippen molar-refractivity contribution in [3.8, 4) is 0 Å². The molecule has 0 saturated carbocycles. The van der Waals surface area contributed by atoms with E-state index >= 15 is 0 Å². The molecular formula is C10H7O3-. The molecule has 1 unspecified atom stereocenters. The molecule has 1 aromatic rings. The Kier molecular flexibility index (Phi) is 1.65. The van der Waals surface area contributed by atoms with Gasteiger partial charge in [-0.15, -0.1) is 0 Å². The third kappa shape index (κ3) is 1.13. The van der Waals surface area contributed by atoms with Gasteiger partial charge in [-0.25, -0.2) is 0 Å². The highest BCUT2D eigenvalue weighted by molar-refractivity contribution is 6.05. The Bertz CT molecular complexity index is 382. The van der Waals surface area contributed by atoms with E-state index in [0.717, 1.165) is 0 Å². The highest BCUT2D eigenvalue weighted by Crippen LogP contribution is 2.31. The van der Waals surface area contributed by atoms with Crippen molar-refractivity contribution in [2.75, 3.05) is 0 Å². The Morgan fingerprint density at radius 2 is 2.08 bits per heavy atom. The first-order valence-corrected chi connectivity index (χ1v) is 4.03. The first-order chi connectivity index (χ1) is 6.20. The molecule has 0 bridgehead atoms. The van der Waals surface area contributed by atoms with Crippen LogP contribution in [0.4, 0.5) is 0 Å². The summed E-state index contributed by atoms with van der Waals surface area (Å²) in [5.41, 5.74) is 1.12. The molecular weight excluding hydrogens is 168 g/mol. The lowest BCUT2D eigenvalue weighted by Crippen LogP contribution is -2.28. The van der Waals surface area contributed by atoms with Gasteiger partial charge in [0.25, 0.3) is 0 Å². The summed E-state index contributed by atoms with van der Waals surface area (Å²) in [7, 11) is 0. The summed E-state index contributed by atoms with van der Waals surface area (Å²) in [4.78, 5) is 21.9.